The summed E-state index contributed by atoms with van der Waals surface area (Å²) in [5.74, 6) is 0.574. The van der Waals surface area contributed by atoms with Crippen LogP contribution in [0.3, 0.4) is 0 Å². The lowest BCUT2D eigenvalue weighted by Gasteiger charge is -2.49. The van der Waals surface area contributed by atoms with Gasteiger partial charge in [-0.05, 0) is 49.1 Å². The molecule has 0 aliphatic carbocycles. The first-order valence-corrected chi connectivity index (χ1v) is 10.6. The van der Waals surface area contributed by atoms with Crippen LogP contribution < -0.4 is 10.5 Å². The van der Waals surface area contributed by atoms with Gasteiger partial charge < -0.3 is 20.1 Å². The number of carbonyl (C=O) groups is 1. The molecule has 2 aliphatic heterocycles. The zero-order valence-corrected chi connectivity index (χ0v) is 17.5. The van der Waals surface area contributed by atoms with Gasteiger partial charge in [0, 0.05) is 57.8 Å². The van der Waals surface area contributed by atoms with Gasteiger partial charge in [-0.3, -0.25) is 9.88 Å². The molecule has 0 radical (unpaired) electrons. The molecule has 7 heteroatoms. The van der Waals surface area contributed by atoms with Crippen LogP contribution >= 0.6 is 0 Å². The van der Waals surface area contributed by atoms with Gasteiger partial charge in [-0.25, -0.2) is 4.79 Å². The summed E-state index contributed by atoms with van der Waals surface area (Å²) in [7, 11) is 0. The lowest BCUT2D eigenvalue weighted by molar-refractivity contribution is -0.0485. The summed E-state index contributed by atoms with van der Waals surface area (Å²) < 4.78 is 11.2. The fraction of sp³-hybridized carbons (Fsp3) is 0.478. The molecule has 1 aromatic heterocycles. The number of nitrogens with zero attached hydrogens (tertiary/aromatic N) is 3. The molecule has 2 saturated heterocycles. The second-order valence-electron chi connectivity index (χ2n) is 8.09. The Bertz CT molecular complexity index is 845. The summed E-state index contributed by atoms with van der Waals surface area (Å²) in [5.41, 5.74) is 8.22. The Morgan fingerprint density at radius 1 is 1.13 bits per heavy atom. The van der Waals surface area contributed by atoms with Crippen LogP contribution in [0.1, 0.15) is 36.9 Å². The predicted molar refractivity (Wildman–Crippen MR) is 114 cm³/mol. The van der Waals surface area contributed by atoms with E-state index in [0.29, 0.717) is 18.8 Å². The number of nitrogens with two attached hydrogens (primary N) is 1. The molecule has 2 aromatic rings. The maximum atomic E-state index is 12.6. The molecule has 2 fully saturated rings. The molecule has 0 spiro atoms. The quantitative estimate of drug-likeness (QED) is 0.835. The number of ether oxygens (including phenoxy) is 2. The van der Waals surface area contributed by atoms with Crippen molar-refractivity contribution in [3.05, 3.63) is 59.9 Å². The molecule has 1 amide bonds. The van der Waals surface area contributed by atoms with E-state index in [1.807, 2.05) is 37.5 Å². The van der Waals surface area contributed by atoms with Crippen molar-refractivity contribution < 1.29 is 14.3 Å². The lowest BCUT2D eigenvalue weighted by atomic mass is 9.80. The highest BCUT2D eigenvalue weighted by molar-refractivity contribution is 5.70. The fourth-order valence-corrected chi connectivity index (χ4v) is 4.43. The summed E-state index contributed by atoms with van der Waals surface area (Å²) in [6.45, 7) is 6.26. The molecular formula is C23H30N4O3. The molecule has 0 unspecified atom stereocenters. The molecule has 30 heavy (non-hydrogen) atoms. The topological polar surface area (TPSA) is 80.9 Å². The maximum Gasteiger partial charge on any atom is 0.415 e. The fourth-order valence-electron chi connectivity index (χ4n) is 4.43. The third-order valence-corrected chi connectivity index (χ3v) is 6.23. The number of para-hydroxylation sites is 1. The molecule has 1 atom stereocenters. The maximum absolute atomic E-state index is 12.6. The van der Waals surface area contributed by atoms with E-state index in [0.717, 1.165) is 44.7 Å². The number of piperazine rings is 1. The van der Waals surface area contributed by atoms with E-state index in [9.17, 15) is 4.79 Å². The van der Waals surface area contributed by atoms with Crippen LogP contribution in [0.15, 0.2) is 48.8 Å². The van der Waals surface area contributed by atoms with Crippen molar-refractivity contribution in [1.29, 1.82) is 0 Å². The van der Waals surface area contributed by atoms with Crippen LogP contribution in [0, 0.1) is 0 Å². The minimum Gasteiger partial charge on any atom is -0.410 e. The Morgan fingerprint density at radius 3 is 2.50 bits per heavy atom. The standard InChI is InChI=1S/C23H30N4O3/c1-18(24)19-15-20(17-25-16-19)23(7-13-29-14-8-23)27-11-9-26(10-12-27)22(28)30-21-5-3-2-4-6-21/h2-6,15-18H,7-14,24H2,1H3/t18-/m1/s1. The summed E-state index contributed by atoms with van der Waals surface area (Å²) in [6.07, 6.45) is 5.34. The highest BCUT2D eigenvalue weighted by Gasteiger charge is 2.42. The van der Waals surface area contributed by atoms with Crippen LogP contribution in [-0.4, -0.2) is 60.3 Å². The summed E-state index contributed by atoms with van der Waals surface area (Å²) >= 11 is 0. The zero-order valence-electron chi connectivity index (χ0n) is 17.5. The Labute approximate surface area is 177 Å². The van der Waals surface area contributed by atoms with Crippen molar-refractivity contribution in [2.24, 2.45) is 5.73 Å². The van der Waals surface area contributed by atoms with Gasteiger partial charge in [-0.15, -0.1) is 0 Å². The van der Waals surface area contributed by atoms with E-state index < -0.39 is 0 Å². The third-order valence-electron chi connectivity index (χ3n) is 6.23. The first kappa shape index (κ1) is 20.8. The number of rotatable bonds is 4. The normalized spacial score (nSPS) is 20.5. The first-order valence-electron chi connectivity index (χ1n) is 10.6. The van der Waals surface area contributed by atoms with Gasteiger partial charge in [0.2, 0.25) is 0 Å². The molecule has 0 saturated carbocycles. The molecule has 2 aliphatic rings. The predicted octanol–water partition coefficient (Wildman–Crippen LogP) is 2.92. The van der Waals surface area contributed by atoms with E-state index in [-0.39, 0.29) is 17.7 Å². The number of hydrogen-bond donors (Lipinski definition) is 1. The van der Waals surface area contributed by atoms with Crippen molar-refractivity contribution in [2.75, 3.05) is 39.4 Å². The van der Waals surface area contributed by atoms with E-state index in [4.69, 9.17) is 15.2 Å². The van der Waals surface area contributed by atoms with E-state index >= 15 is 0 Å². The third kappa shape index (κ3) is 4.33. The molecular weight excluding hydrogens is 380 g/mol. The SMILES string of the molecule is C[C@@H](N)c1cncc(C2(N3CCN(C(=O)Oc4ccccc4)CC3)CCOCC2)c1. The number of aromatic nitrogens is 1. The Kier molecular flexibility index (Phi) is 6.32. The Morgan fingerprint density at radius 2 is 1.83 bits per heavy atom. The molecule has 2 N–H and O–H groups in total. The van der Waals surface area contributed by atoms with Crippen molar-refractivity contribution >= 4 is 6.09 Å². The summed E-state index contributed by atoms with van der Waals surface area (Å²) in [6, 6.07) is 11.4. The average molecular weight is 411 g/mol. The lowest BCUT2D eigenvalue weighted by Crippen LogP contribution is -2.58. The molecule has 3 heterocycles. The number of amides is 1. The number of pyridine rings is 1. The molecule has 160 valence electrons. The van der Waals surface area contributed by atoms with Gasteiger partial charge in [-0.2, -0.15) is 0 Å². The number of hydrogen-bond acceptors (Lipinski definition) is 6. The van der Waals surface area contributed by atoms with Crippen LogP contribution in [0.5, 0.6) is 5.75 Å². The molecule has 0 bridgehead atoms. The minimum absolute atomic E-state index is 0.0565. The Hall–Kier alpha value is -2.48. The van der Waals surface area contributed by atoms with Crippen LogP contribution in [0.4, 0.5) is 4.79 Å². The van der Waals surface area contributed by atoms with Gasteiger partial charge in [0.15, 0.2) is 0 Å². The highest BCUT2D eigenvalue weighted by atomic mass is 16.6. The van der Waals surface area contributed by atoms with Crippen molar-refractivity contribution in [3.63, 3.8) is 0 Å². The van der Waals surface area contributed by atoms with E-state index in [1.54, 1.807) is 17.0 Å². The van der Waals surface area contributed by atoms with Gasteiger partial charge in [0.25, 0.3) is 0 Å². The number of carbonyl (C=O) groups excluding carboxylic acids is 1. The minimum atomic E-state index is -0.289. The summed E-state index contributed by atoms with van der Waals surface area (Å²) in [5, 5.41) is 0. The first-order chi connectivity index (χ1) is 14.6. The van der Waals surface area contributed by atoms with Crippen molar-refractivity contribution in [2.45, 2.75) is 31.3 Å². The van der Waals surface area contributed by atoms with Crippen LogP contribution in [0.2, 0.25) is 0 Å². The largest absolute Gasteiger partial charge is 0.415 e. The summed E-state index contributed by atoms with van der Waals surface area (Å²) in [4.78, 5) is 21.3. The molecule has 1 aromatic carbocycles. The van der Waals surface area contributed by atoms with Crippen LogP contribution in [0.25, 0.3) is 0 Å². The zero-order chi connectivity index (χ0) is 21.0. The molecule has 4 rings (SSSR count). The average Bonchev–Trinajstić information content (AvgIpc) is 2.80. The van der Waals surface area contributed by atoms with Crippen molar-refractivity contribution in [1.82, 2.24) is 14.8 Å². The second-order valence-corrected chi connectivity index (χ2v) is 8.09. The van der Waals surface area contributed by atoms with E-state index in [1.165, 1.54) is 5.56 Å². The van der Waals surface area contributed by atoms with Gasteiger partial charge in [0.1, 0.15) is 5.75 Å². The van der Waals surface area contributed by atoms with Gasteiger partial charge in [0.05, 0.1) is 5.54 Å². The number of benzene rings is 1. The van der Waals surface area contributed by atoms with Crippen molar-refractivity contribution in [3.8, 4) is 5.75 Å². The smallest absolute Gasteiger partial charge is 0.410 e. The second kappa shape index (κ2) is 9.12. The molecule has 7 nitrogen and oxygen atoms in total. The monoisotopic (exact) mass is 410 g/mol. The highest BCUT2D eigenvalue weighted by Crippen LogP contribution is 2.39. The van der Waals surface area contributed by atoms with Crippen LogP contribution in [-0.2, 0) is 10.3 Å². The Balaban J connectivity index is 1.48. The van der Waals surface area contributed by atoms with Gasteiger partial charge >= 0.3 is 6.09 Å². The van der Waals surface area contributed by atoms with Gasteiger partial charge in [-0.1, -0.05) is 18.2 Å². The van der Waals surface area contributed by atoms with E-state index in [2.05, 4.69) is 16.0 Å².